The van der Waals surface area contributed by atoms with Crippen molar-refractivity contribution >= 4 is 39.9 Å². The van der Waals surface area contributed by atoms with Gasteiger partial charge in [0.15, 0.2) is 11.0 Å². The standard InChI is InChI=1S/C24H33N5O2S2/c1-2-3-6-29-19(27-28-23(29)33-15-20(30)26-21-5-4-7-32-21)14-25-22(31)24-11-16-8-17(12-24)10-18(9-16)13-24/h4-5,7,16-18H,2-3,6,8-15H2,1H3,(H,25,31)(H,26,30). The first-order valence-electron chi connectivity index (χ1n) is 12.2. The average molecular weight is 488 g/mol. The van der Waals surface area contributed by atoms with Crippen molar-refractivity contribution in [3.05, 3.63) is 23.3 Å². The van der Waals surface area contributed by atoms with E-state index in [1.807, 2.05) is 17.5 Å². The zero-order chi connectivity index (χ0) is 22.8. The van der Waals surface area contributed by atoms with E-state index in [4.69, 9.17) is 0 Å². The number of amides is 2. The molecule has 4 bridgehead atoms. The van der Waals surface area contributed by atoms with Gasteiger partial charge in [-0.3, -0.25) is 9.59 Å². The molecule has 4 aliphatic rings. The number of nitrogens with zero attached hydrogens (tertiary/aromatic N) is 3. The first kappa shape index (κ1) is 22.9. The lowest BCUT2D eigenvalue weighted by atomic mass is 9.49. The van der Waals surface area contributed by atoms with Gasteiger partial charge in [-0.1, -0.05) is 25.1 Å². The van der Waals surface area contributed by atoms with Crippen molar-refractivity contribution in [2.45, 2.75) is 76.5 Å². The number of thiophene rings is 1. The lowest BCUT2D eigenvalue weighted by Crippen LogP contribution is -2.53. The molecule has 0 saturated heterocycles. The van der Waals surface area contributed by atoms with Crippen LogP contribution in [0, 0.1) is 23.2 Å². The Morgan fingerprint density at radius 2 is 1.91 bits per heavy atom. The molecule has 2 N–H and O–H groups in total. The monoisotopic (exact) mass is 487 g/mol. The fraction of sp³-hybridized carbons (Fsp3) is 0.667. The van der Waals surface area contributed by atoms with Crippen LogP contribution in [-0.4, -0.2) is 32.3 Å². The molecule has 2 amide bonds. The molecule has 4 aliphatic carbocycles. The lowest BCUT2D eigenvalue weighted by molar-refractivity contribution is -0.146. The van der Waals surface area contributed by atoms with Gasteiger partial charge in [0.05, 0.1) is 17.3 Å². The van der Waals surface area contributed by atoms with Crippen LogP contribution >= 0.6 is 23.1 Å². The maximum atomic E-state index is 13.3. The van der Waals surface area contributed by atoms with Crippen molar-refractivity contribution in [2.75, 3.05) is 11.1 Å². The highest BCUT2D eigenvalue weighted by Crippen LogP contribution is 2.60. The van der Waals surface area contributed by atoms with Crippen molar-refractivity contribution in [1.82, 2.24) is 20.1 Å². The molecule has 2 heterocycles. The number of aromatic nitrogens is 3. The van der Waals surface area contributed by atoms with Gasteiger partial charge < -0.3 is 15.2 Å². The normalized spacial score (nSPS) is 27.6. The number of carbonyl (C=O) groups is 2. The SMILES string of the molecule is CCCCn1c(CNC(=O)C23CC4CC(CC(C4)C2)C3)nnc1SCC(=O)Nc1cccs1. The molecular formula is C24H33N5O2S2. The number of thioether (sulfide) groups is 1. The van der Waals surface area contributed by atoms with Gasteiger partial charge in [0.25, 0.3) is 0 Å². The summed E-state index contributed by atoms with van der Waals surface area (Å²) in [6, 6.07) is 3.81. The summed E-state index contributed by atoms with van der Waals surface area (Å²) in [5.74, 6) is 3.47. The summed E-state index contributed by atoms with van der Waals surface area (Å²) in [4.78, 5) is 25.6. The van der Waals surface area contributed by atoms with Gasteiger partial charge >= 0.3 is 0 Å². The molecule has 4 fully saturated rings. The molecule has 6 rings (SSSR count). The molecule has 0 aliphatic heterocycles. The predicted octanol–water partition coefficient (Wildman–Crippen LogP) is 4.70. The van der Waals surface area contributed by atoms with Crippen LogP contribution in [0.1, 0.15) is 64.1 Å². The smallest absolute Gasteiger partial charge is 0.235 e. The molecule has 4 saturated carbocycles. The van der Waals surface area contributed by atoms with Crippen LogP contribution in [0.5, 0.6) is 0 Å². The summed E-state index contributed by atoms with van der Waals surface area (Å²) in [6.45, 7) is 3.35. The zero-order valence-corrected chi connectivity index (χ0v) is 20.8. The fourth-order valence-corrected chi connectivity index (χ4v) is 7.90. The lowest BCUT2D eigenvalue weighted by Gasteiger charge is -2.55. The highest BCUT2D eigenvalue weighted by molar-refractivity contribution is 7.99. The molecule has 0 aromatic carbocycles. The Kier molecular flexibility index (Phi) is 6.79. The number of nitrogens with one attached hydrogen (secondary N) is 2. The molecule has 9 heteroatoms. The molecule has 0 radical (unpaired) electrons. The van der Waals surface area contributed by atoms with E-state index in [1.165, 1.54) is 42.4 Å². The van der Waals surface area contributed by atoms with Crippen LogP contribution in [0.2, 0.25) is 0 Å². The Hall–Kier alpha value is -1.87. The zero-order valence-electron chi connectivity index (χ0n) is 19.2. The number of carbonyl (C=O) groups excluding carboxylic acids is 2. The van der Waals surface area contributed by atoms with Crippen LogP contribution < -0.4 is 10.6 Å². The van der Waals surface area contributed by atoms with Crippen LogP contribution in [0.15, 0.2) is 22.7 Å². The van der Waals surface area contributed by atoms with E-state index in [0.29, 0.717) is 6.54 Å². The van der Waals surface area contributed by atoms with Gasteiger partial charge in [-0.15, -0.1) is 21.5 Å². The Bertz CT molecular complexity index is 952. The molecule has 7 nitrogen and oxygen atoms in total. The van der Waals surface area contributed by atoms with E-state index >= 15 is 0 Å². The van der Waals surface area contributed by atoms with E-state index in [2.05, 4.69) is 32.3 Å². The van der Waals surface area contributed by atoms with Crippen LogP contribution in [0.3, 0.4) is 0 Å². The molecule has 0 atom stereocenters. The first-order chi connectivity index (χ1) is 16.0. The predicted molar refractivity (Wildman–Crippen MR) is 131 cm³/mol. The summed E-state index contributed by atoms with van der Waals surface area (Å²) >= 11 is 2.91. The molecular weight excluding hydrogens is 454 g/mol. The van der Waals surface area contributed by atoms with Crippen LogP contribution in [0.4, 0.5) is 5.00 Å². The van der Waals surface area contributed by atoms with Gasteiger partial charge in [0.2, 0.25) is 11.8 Å². The van der Waals surface area contributed by atoms with Crippen LogP contribution in [0.25, 0.3) is 0 Å². The third kappa shape index (κ3) is 4.99. The topological polar surface area (TPSA) is 88.9 Å². The summed E-state index contributed by atoms with van der Waals surface area (Å²) in [7, 11) is 0. The van der Waals surface area contributed by atoms with Crippen molar-refractivity contribution in [3.63, 3.8) is 0 Å². The summed E-state index contributed by atoms with van der Waals surface area (Å²) in [5.41, 5.74) is -0.152. The van der Waals surface area contributed by atoms with Crippen LogP contribution in [-0.2, 0) is 22.7 Å². The van der Waals surface area contributed by atoms with Gasteiger partial charge in [-0.05, 0) is 80.2 Å². The fourth-order valence-electron chi connectivity index (χ4n) is 6.49. The Balaban J connectivity index is 1.21. The summed E-state index contributed by atoms with van der Waals surface area (Å²) in [6.07, 6.45) is 9.24. The highest BCUT2D eigenvalue weighted by Gasteiger charge is 2.54. The summed E-state index contributed by atoms with van der Waals surface area (Å²) in [5, 5.41) is 18.4. The minimum atomic E-state index is -0.152. The number of hydrogen-bond donors (Lipinski definition) is 2. The molecule has 0 unspecified atom stereocenters. The third-order valence-corrected chi connectivity index (χ3v) is 9.32. The largest absolute Gasteiger partial charge is 0.348 e. The molecule has 2 aromatic rings. The molecule has 178 valence electrons. The minimum absolute atomic E-state index is 0.0517. The first-order valence-corrected chi connectivity index (χ1v) is 14.1. The maximum absolute atomic E-state index is 13.3. The van der Waals surface area contributed by atoms with Crippen molar-refractivity contribution in [1.29, 1.82) is 0 Å². The number of anilines is 1. The van der Waals surface area contributed by atoms with Gasteiger partial charge in [0.1, 0.15) is 0 Å². The van der Waals surface area contributed by atoms with Gasteiger partial charge in [-0.25, -0.2) is 0 Å². The van der Waals surface area contributed by atoms with Gasteiger partial charge in [-0.2, -0.15) is 0 Å². The van der Waals surface area contributed by atoms with E-state index in [1.54, 1.807) is 0 Å². The van der Waals surface area contributed by atoms with E-state index < -0.39 is 0 Å². The molecule has 2 aromatic heterocycles. The van der Waals surface area contributed by atoms with E-state index in [0.717, 1.165) is 72.4 Å². The number of unbranched alkanes of at least 4 members (excludes halogenated alkanes) is 1. The third-order valence-electron chi connectivity index (χ3n) is 7.57. The second-order valence-corrected chi connectivity index (χ2v) is 12.0. The second-order valence-electron chi connectivity index (χ2n) is 10.1. The number of hydrogen-bond acceptors (Lipinski definition) is 6. The maximum Gasteiger partial charge on any atom is 0.235 e. The van der Waals surface area contributed by atoms with Crippen molar-refractivity contribution in [2.24, 2.45) is 23.2 Å². The Morgan fingerprint density at radius 3 is 2.55 bits per heavy atom. The average Bonchev–Trinajstić information content (AvgIpc) is 3.43. The van der Waals surface area contributed by atoms with Gasteiger partial charge in [0, 0.05) is 12.0 Å². The Labute approximate surface area is 203 Å². The number of rotatable bonds is 10. The van der Waals surface area contributed by atoms with E-state index in [9.17, 15) is 9.59 Å². The summed E-state index contributed by atoms with van der Waals surface area (Å²) < 4.78 is 2.08. The quantitative estimate of drug-likeness (QED) is 0.474. The minimum Gasteiger partial charge on any atom is -0.348 e. The Morgan fingerprint density at radius 1 is 1.18 bits per heavy atom. The van der Waals surface area contributed by atoms with Crippen molar-refractivity contribution in [3.8, 4) is 0 Å². The molecule has 0 spiro atoms. The van der Waals surface area contributed by atoms with Crippen molar-refractivity contribution < 1.29 is 9.59 Å². The second kappa shape index (κ2) is 9.78. The van der Waals surface area contributed by atoms with E-state index in [-0.39, 0.29) is 23.0 Å². The highest BCUT2D eigenvalue weighted by atomic mass is 32.2. The molecule has 33 heavy (non-hydrogen) atoms.